The number of phenols is 2. The smallest absolute Gasteiger partial charge is 0.115 e. The van der Waals surface area contributed by atoms with Crippen LogP contribution in [-0.4, -0.2) is 10.2 Å². The first kappa shape index (κ1) is 14.4. The molecule has 4 aliphatic rings. The Kier molecular flexibility index (Phi) is 3.01. The van der Waals surface area contributed by atoms with E-state index in [1.165, 1.54) is 43.2 Å². The molecule has 2 heteroatoms. The summed E-state index contributed by atoms with van der Waals surface area (Å²) < 4.78 is 0. The van der Waals surface area contributed by atoms with Gasteiger partial charge in [0.2, 0.25) is 0 Å². The van der Waals surface area contributed by atoms with Gasteiger partial charge >= 0.3 is 0 Å². The lowest BCUT2D eigenvalue weighted by molar-refractivity contribution is -0.0256. The molecule has 4 aliphatic carbocycles. The van der Waals surface area contributed by atoms with Crippen molar-refractivity contribution in [2.45, 2.75) is 43.4 Å². The largest absolute Gasteiger partial charge is 0.508 e. The Morgan fingerprint density at radius 1 is 0.708 bits per heavy atom. The second-order valence-corrected chi connectivity index (χ2v) is 8.41. The zero-order valence-electron chi connectivity index (χ0n) is 13.9. The van der Waals surface area contributed by atoms with Crippen molar-refractivity contribution in [1.82, 2.24) is 0 Å². The minimum absolute atomic E-state index is 0.331. The van der Waals surface area contributed by atoms with E-state index >= 15 is 0 Å². The van der Waals surface area contributed by atoms with E-state index in [2.05, 4.69) is 24.3 Å². The number of aromatic hydroxyl groups is 2. The first-order chi connectivity index (χ1) is 11.6. The predicted octanol–water partition coefficient (Wildman–Crippen LogP) is 4.96. The van der Waals surface area contributed by atoms with Crippen LogP contribution in [0.5, 0.6) is 11.5 Å². The van der Waals surface area contributed by atoms with Gasteiger partial charge in [0, 0.05) is 0 Å². The van der Waals surface area contributed by atoms with Gasteiger partial charge in [-0.3, -0.25) is 0 Å². The zero-order chi connectivity index (χ0) is 16.3. The van der Waals surface area contributed by atoms with Gasteiger partial charge in [-0.2, -0.15) is 0 Å². The van der Waals surface area contributed by atoms with Gasteiger partial charge in [0.1, 0.15) is 11.5 Å². The lowest BCUT2D eigenvalue weighted by Gasteiger charge is -2.60. The van der Waals surface area contributed by atoms with E-state index in [0.717, 1.165) is 17.8 Å². The molecule has 4 fully saturated rings. The number of rotatable bonds is 2. The van der Waals surface area contributed by atoms with E-state index in [1.54, 1.807) is 0 Å². The molecular weight excluding hydrogens is 296 g/mol. The molecule has 4 bridgehead atoms. The van der Waals surface area contributed by atoms with Gasteiger partial charge in [0.25, 0.3) is 0 Å². The van der Waals surface area contributed by atoms with Crippen molar-refractivity contribution in [2.24, 2.45) is 17.8 Å². The van der Waals surface area contributed by atoms with E-state index in [1.807, 2.05) is 24.3 Å². The lowest BCUT2D eigenvalue weighted by Crippen LogP contribution is -2.52. The predicted molar refractivity (Wildman–Crippen MR) is 94.2 cm³/mol. The standard InChI is InChI=1S/C22H24O2/c23-19-5-1-15(2-6-19)21-16-9-14-10-17(21)13-22(11-14,12-16)18-3-7-20(24)8-4-18/h1-8,14,16-17,21,23-24H,9-13H2. The summed E-state index contributed by atoms with van der Waals surface area (Å²) in [5.41, 5.74) is 3.18. The first-order valence-corrected chi connectivity index (χ1v) is 9.21. The normalized spacial score (nSPS) is 36.8. The van der Waals surface area contributed by atoms with Crippen LogP contribution in [0.4, 0.5) is 0 Å². The van der Waals surface area contributed by atoms with Crippen molar-refractivity contribution in [3.63, 3.8) is 0 Å². The molecule has 6 rings (SSSR count). The highest BCUT2D eigenvalue weighted by atomic mass is 16.3. The summed E-state index contributed by atoms with van der Waals surface area (Å²) in [5.74, 6) is 3.77. The molecule has 0 aliphatic heterocycles. The van der Waals surface area contributed by atoms with Crippen LogP contribution in [0.2, 0.25) is 0 Å². The monoisotopic (exact) mass is 320 g/mol. The van der Waals surface area contributed by atoms with Gasteiger partial charge in [-0.05, 0) is 96.6 Å². The van der Waals surface area contributed by atoms with Crippen molar-refractivity contribution in [3.05, 3.63) is 59.7 Å². The molecule has 0 radical (unpaired) electrons. The molecule has 0 heterocycles. The number of hydrogen-bond donors (Lipinski definition) is 2. The van der Waals surface area contributed by atoms with Crippen LogP contribution < -0.4 is 0 Å². The fourth-order valence-electron chi connectivity index (χ4n) is 6.43. The van der Waals surface area contributed by atoms with Gasteiger partial charge in [0.05, 0.1) is 0 Å². The number of phenolic OH excluding ortho intramolecular Hbond substituents is 2. The maximum Gasteiger partial charge on any atom is 0.115 e. The SMILES string of the molecule is Oc1ccc(C2C3CC4CC2CC(c2ccc(O)cc2)(C4)C3)cc1. The highest BCUT2D eigenvalue weighted by Gasteiger charge is 2.55. The first-order valence-electron chi connectivity index (χ1n) is 9.21. The van der Waals surface area contributed by atoms with Crippen LogP contribution in [0.15, 0.2) is 48.5 Å². The molecule has 2 aromatic rings. The third-order valence-electron chi connectivity index (χ3n) is 7.03. The fourth-order valence-corrected chi connectivity index (χ4v) is 6.43. The molecule has 2 aromatic carbocycles. The third kappa shape index (κ3) is 2.08. The van der Waals surface area contributed by atoms with E-state index < -0.39 is 0 Å². The van der Waals surface area contributed by atoms with Crippen molar-refractivity contribution >= 4 is 0 Å². The highest BCUT2D eigenvalue weighted by Crippen LogP contribution is 2.65. The summed E-state index contributed by atoms with van der Waals surface area (Å²) in [7, 11) is 0. The average Bonchev–Trinajstić information content (AvgIpc) is 2.56. The van der Waals surface area contributed by atoms with Crippen LogP contribution in [0, 0.1) is 17.8 Å². The van der Waals surface area contributed by atoms with Gasteiger partial charge in [0.15, 0.2) is 0 Å². The Labute approximate surface area is 143 Å². The molecule has 2 N–H and O–H groups in total. The Morgan fingerprint density at radius 3 is 1.83 bits per heavy atom. The molecule has 0 spiro atoms. The quantitative estimate of drug-likeness (QED) is 0.821. The highest BCUT2D eigenvalue weighted by molar-refractivity contribution is 5.37. The summed E-state index contributed by atoms with van der Waals surface area (Å²) in [6.45, 7) is 0. The molecule has 0 aromatic heterocycles. The van der Waals surface area contributed by atoms with Gasteiger partial charge < -0.3 is 10.2 Å². The van der Waals surface area contributed by atoms with Crippen LogP contribution in [0.3, 0.4) is 0 Å². The molecule has 0 amide bonds. The minimum Gasteiger partial charge on any atom is -0.508 e. The Balaban J connectivity index is 1.50. The maximum atomic E-state index is 9.63. The zero-order valence-corrected chi connectivity index (χ0v) is 13.9. The van der Waals surface area contributed by atoms with Crippen molar-refractivity contribution < 1.29 is 10.2 Å². The van der Waals surface area contributed by atoms with E-state index in [-0.39, 0.29) is 0 Å². The lowest BCUT2D eigenvalue weighted by atomic mass is 9.44. The van der Waals surface area contributed by atoms with Crippen molar-refractivity contribution in [3.8, 4) is 11.5 Å². The van der Waals surface area contributed by atoms with Crippen molar-refractivity contribution in [2.75, 3.05) is 0 Å². The second kappa shape index (κ2) is 5.02. The molecule has 2 nitrogen and oxygen atoms in total. The Hall–Kier alpha value is -1.96. The number of benzene rings is 2. The summed E-state index contributed by atoms with van der Waals surface area (Å²) in [4.78, 5) is 0. The Bertz CT molecular complexity index is 731. The van der Waals surface area contributed by atoms with Gasteiger partial charge in [-0.25, -0.2) is 0 Å². The summed E-state index contributed by atoms with van der Waals surface area (Å²) in [6.07, 6.45) is 6.60. The fraction of sp³-hybridized carbons (Fsp3) is 0.455. The average molecular weight is 320 g/mol. The minimum atomic E-state index is 0.331. The van der Waals surface area contributed by atoms with E-state index in [9.17, 15) is 10.2 Å². The van der Waals surface area contributed by atoms with E-state index in [4.69, 9.17) is 0 Å². The van der Waals surface area contributed by atoms with Gasteiger partial charge in [-0.1, -0.05) is 24.3 Å². The second-order valence-electron chi connectivity index (χ2n) is 8.41. The summed E-state index contributed by atoms with van der Waals surface area (Å²) >= 11 is 0. The molecule has 124 valence electrons. The molecular formula is C22H24O2. The van der Waals surface area contributed by atoms with E-state index in [0.29, 0.717) is 22.8 Å². The van der Waals surface area contributed by atoms with Crippen LogP contribution in [0.25, 0.3) is 0 Å². The Morgan fingerprint density at radius 2 is 1.25 bits per heavy atom. The molecule has 2 atom stereocenters. The molecule has 0 saturated heterocycles. The van der Waals surface area contributed by atoms with Crippen LogP contribution >= 0.6 is 0 Å². The number of hydrogen-bond acceptors (Lipinski definition) is 2. The van der Waals surface area contributed by atoms with Crippen LogP contribution in [0.1, 0.15) is 49.1 Å². The summed E-state index contributed by atoms with van der Waals surface area (Å²) in [6, 6.07) is 16.0. The van der Waals surface area contributed by atoms with Crippen LogP contribution in [-0.2, 0) is 5.41 Å². The maximum absolute atomic E-state index is 9.63. The molecule has 4 saturated carbocycles. The summed E-state index contributed by atoms with van der Waals surface area (Å²) in [5, 5.41) is 19.2. The van der Waals surface area contributed by atoms with Crippen molar-refractivity contribution in [1.29, 1.82) is 0 Å². The third-order valence-corrected chi connectivity index (χ3v) is 7.03. The molecule has 2 unspecified atom stereocenters. The molecule has 24 heavy (non-hydrogen) atoms. The van der Waals surface area contributed by atoms with Gasteiger partial charge in [-0.15, -0.1) is 0 Å². The topological polar surface area (TPSA) is 40.5 Å².